The van der Waals surface area contributed by atoms with Crippen LogP contribution in [0.3, 0.4) is 0 Å². The molecular weight excluding hydrogens is 278 g/mol. The average Bonchev–Trinajstić information content (AvgIpc) is 2.49. The van der Waals surface area contributed by atoms with Crippen LogP contribution in [0.5, 0.6) is 0 Å². The van der Waals surface area contributed by atoms with Crippen LogP contribution < -0.4 is 5.32 Å². The van der Waals surface area contributed by atoms with Crippen LogP contribution in [-0.2, 0) is 4.74 Å². The Hall–Kier alpha value is -1.04. The molecular formula is C14H22ClN3O2. The molecule has 1 aromatic heterocycles. The average molecular weight is 300 g/mol. The Morgan fingerprint density at radius 1 is 1.45 bits per heavy atom. The molecule has 5 nitrogen and oxygen atoms in total. The maximum atomic E-state index is 11.7. The van der Waals surface area contributed by atoms with E-state index >= 15 is 0 Å². The van der Waals surface area contributed by atoms with E-state index in [1.165, 1.54) is 31.7 Å². The Morgan fingerprint density at radius 2 is 2.35 bits per heavy atom. The van der Waals surface area contributed by atoms with E-state index in [0.29, 0.717) is 12.3 Å². The number of carbonyl (C=O) groups excluding carboxylic acids is 1. The summed E-state index contributed by atoms with van der Waals surface area (Å²) >= 11 is 0. The number of carbonyl (C=O) groups is 1. The first kappa shape index (κ1) is 17.0. The normalized spacial score (nSPS) is 18.3. The minimum Gasteiger partial charge on any atom is -0.373 e. The number of hydrogen-bond acceptors (Lipinski definition) is 5. The second kappa shape index (κ2) is 9.80. The summed E-state index contributed by atoms with van der Waals surface area (Å²) < 4.78 is 5.40. The van der Waals surface area contributed by atoms with Gasteiger partial charge in [-0.3, -0.25) is 9.78 Å². The molecule has 20 heavy (non-hydrogen) atoms. The first-order valence-corrected chi connectivity index (χ1v) is 6.94. The molecule has 6 heteroatoms. The van der Waals surface area contributed by atoms with Gasteiger partial charge in [-0.1, -0.05) is 0 Å². The van der Waals surface area contributed by atoms with E-state index < -0.39 is 0 Å². The summed E-state index contributed by atoms with van der Waals surface area (Å²) in [5.74, 6) is 0.667. The molecule has 1 unspecified atom stereocenters. The molecule has 1 saturated heterocycles. The third-order valence-electron chi connectivity index (χ3n) is 3.38. The largest absolute Gasteiger partial charge is 0.373 e. The van der Waals surface area contributed by atoms with E-state index in [1.54, 1.807) is 6.20 Å². The van der Waals surface area contributed by atoms with Crippen LogP contribution >= 0.6 is 12.4 Å². The smallest absolute Gasteiger partial charge is 0.208 e. The molecule has 1 aromatic rings. The second-order valence-electron chi connectivity index (χ2n) is 4.92. The quantitative estimate of drug-likeness (QED) is 0.615. The molecule has 1 aliphatic heterocycles. The highest BCUT2D eigenvalue weighted by Crippen LogP contribution is 2.15. The molecule has 0 bridgehead atoms. The zero-order valence-corrected chi connectivity index (χ0v) is 12.4. The molecule has 0 aromatic carbocycles. The molecule has 1 atom stereocenters. The number of nitrogens with zero attached hydrogens (tertiary/aromatic N) is 2. The van der Waals surface area contributed by atoms with E-state index in [0.717, 1.165) is 25.4 Å². The lowest BCUT2D eigenvalue weighted by molar-refractivity contribution is 0.0740. The number of ketones is 1. The van der Waals surface area contributed by atoms with Crippen LogP contribution in [0.4, 0.5) is 0 Å². The van der Waals surface area contributed by atoms with Crippen molar-refractivity contribution in [1.29, 1.82) is 0 Å². The predicted molar refractivity (Wildman–Crippen MR) is 79.3 cm³/mol. The molecule has 0 radical (unpaired) electrons. The van der Waals surface area contributed by atoms with Gasteiger partial charge in [-0.2, -0.15) is 0 Å². The van der Waals surface area contributed by atoms with Crippen LogP contribution in [0, 0.1) is 5.92 Å². The summed E-state index contributed by atoms with van der Waals surface area (Å²) in [5, 5.41) is 3.41. The summed E-state index contributed by atoms with van der Waals surface area (Å²) in [5.41, 5.74) is 0.374. The third-order valence-corrected chi connectivity index (χ3v) is 3.38. The van der Waals surface area contributed by atoms with Crippen molar-refractivity contribution in [2.24, 2.45) is 5.92 Å². The number of rotatable bonds is 7. The molecule has 0 saturated carbocycles. The molecule has 0 aliphatic carbocycles. The fourth-order valence-electron chi connectivity index (χ4n) is 2.33. The SMILES string of the molecule is Cl.O=C(COCCCC1CCCNC1)c1cnccn1. The van der Waals surface area contributed by atoms with Gasteiger partial charge in [0.15, 0.2) is 0 Å². The number of halogens is 1. The van der Waals surface area contributed by atoms with Crippen molar-refractivity contribution in [3.8, 4) is 0 Å². The number of Topliss-reactive ketones (excluding diaryl/α,β-unsaturated/α-hetero) is 1. The van der Waals surface area contributed by atoms with Crippen molar-refractivity contribution < 1.29 is 9.53 Å². The highest BCUT2D eigenvalue weighted by molar-refractivity contribution is 5.94. The predicted octanol–water partition coefficient (Wildman–Crippen LogP) is 1.88. The fourth-order valence-corrected chi connectivity index (χ4v) is 2.33. The van der Waals surface area contributed by atoms with E-state index in [9.17, 15) is 4.79 Å². The summed E-state index contributed by atoms with van der Waals surface area (Å²) in [4.78, 5) is 19.5. The maximum Gasteiger partial charge on any atom is 0.208 e. The summed E-state index contributed by atoms with van der Waals surface area (Å²) in [6.45, 7) is 3.02. The van der Waals surface area contributed by atoms with Crippen molar-refractivity contribution in [1.82, 2.24) is 15.3 Å². The first-order chi connectivity index (χ1) is 9.36. The molecule has 112 valence electrons. The third kappa shape index (κ3) is 5.94. The monoisotopic (exact) mass is 299 g/mol. The molecule has 0 amide bonds. The minimum atomic E-state index is -0.104. The lowest BCUT2D eigenvalue weighted by Crippen LogP contribution is -2.29. The Balaban J connectivity index is 0.00000200. The van der Waals surface area contributed by atoms with Crippen LogP contribution in [0.2, 0.25) is 0 Å². The second-order valence-corrected chi connectivity index (χ2v) is 4.92. The molecule has 1 N–H and O–H groups in total. The van der Waals surface area contributed by atoms with E-state index in [1.807, 2.05) is 0 Å². The Bertz CT molecular complexity index is 383. The number of ether oxygens (including phenoxy) is 1. The molecule has 2 rings (SSSR count). The number of nitrogens with one attached hydrogen (secondary N) is 1. The lowest BCUT2D eigenvalue weighted by atomic mass is 9.95. The van der Waals surface area contributed by atoms with Crippen LogP contribution in [-0.4, -0.2) is 42.1 Å². The van der Waals surface area contributed by atoms with Gasteiger partial charge in [-0.15, -0.1) is 12.4 Å². The van der Waals surface area contributed by atoms with Crippen molar-refractivity contribution in [2.75, 3.05) is 26.3 Å². The molecule has 0 spiro atoms. The zero-order valence-electron chi connectivity index (χ0n) is 11.6. The lowest BCUT2D eigenvalue weighted by Gasteiger charge is -2.22. The Labute approximate surface area is 125 Å². The molecule has 2 heterocycles. The van der Waals surface area contributed by atoms with Gasteiger partial charge in [-0.05, 0) is 44.7 Å². The topological polar surface area (TPSA) is 64.1 Å². The van der Waals surface area contributed by atoms with Crippen LogP contribution in [0.1, 0.15) is 36.2 Å². The van der Waals surface area contributed by atoms with E-state index in [2.05, 4.69) is 15.3 Å². The van der Waals surface area contributed by atoms with Gasteiger partial charge in [0.1, 0.15) is 12.3 Å². The first-order valence-electron chi connectivity index (χ1n) is 6.94. The van der Waals surface area contributed by atoms with Gasteiger partial charge in [0, 0.05) is 19.0 Å². The summed E-state index contributed by atoms with van der Waals surface area (Å²) in [6, 6.07) is 0. The highest BCUT2D eigenvalue weighted by atomic mass is 35.5. The Kier molecular flexibility index (Phi) is 8.34. The van der Waals surface area contributed by atoms with Crippen molar-refractivity contribution in [2.45, 2.75) is 25.7 Å². The summed E-state index contributed by atoms with van der Waals surface area (Å²) in [7, 11) is 0. The molecule has 1 aliphatic rings. The minimum absolute atomic E-state index is 0. The zero-order chi connectivity index (χ0) is 13.3. The van der Waals surface area contributed by atoms with Gasteiger partial charge in [0.2, 0.25) is 5.78 Å². The fraction of sp³-hybridized carbons (Fsp3) is 0.643. The number of piperidine rings is 1. The summed E-state index contributed by atoms with van der Waals surface area (Å²) in [6.07, 6.45) is 9.31. The number of aromatic nitrogens is 2. The van der Waals surface area contributed by atoms with Crippen molar-refractivity contribution in [3.05, 3.63) is 24.3 Å². The number of hydrogen-bond donors (Lipinski definition) is 1. The van der Waals surface area contributed by atoms with Crippen LogP contribution in [0.25, 0.3) is 0 Å². The van der Waals surface area contributed by atoms with Crippen molar-refractivity contribution in [3.63, 3.8) is 0 Å². The highest BCUT2D eigenvalue weighted by Gasteiger charge is 2.12. The van der Waals surface area contributed by atoms with Gasteiger partial charge >= 0.3 is 0 Å². The maximum absolute atomic E-state index is 11.7. The van der Waals surface area contributed by atoms with E-state index in [4.69, 9.17) is 4.74 Å². The van der Waals surface area contributed by atoms with Gasteiger partial charge in [0.25, 0.3) is 0 Å². The van der Waals surface area contributed by atoms with Gasteiger partial charge in [0.05, 0.1) is 6.20 Å². The van der Waals surface area contributed by atoms with Gasteiger partial charge in [-0.25, -0.2) is 4.98 Å². The van der Waals surface area contributed by atoms with E-state index in [-0.39, 0.29) is 24.8 Å². The Morgan fingerprint density at radius 3 is 3.05 bits per heavy atom. The standard InChI is InChI=1S/C14H21N3O2.ClH/c18-14(13-10-16-6-7-17-13)11-19-8-2-4-12-3-1-5-15-9-12;/h6-7,10,12,15H,1-5,8-9,11H2;1H. The molecule has 1 fully saturated rings. The van der Waals surface area contributed by atoms with Crippen LogP contribution in [0.15, 0.2) is 18.6 Å². The van der Waals surface area contributed by atoms with Crippen molar-refractivity contribution >= 4 is 18.2 Å². The van der Waals surface area contributed by atoms with Gasteiger partial charge < -0.3 is 10.1 Å².